The third-order valence-corrected chi connectivity index (χ3v) is 2.69. The average Bonchev–Trinajstić information content (AvgIpc) is 2.22. The number of hydrogen-bond donors (Lipinski definition) is 1. The fourth-order valence-electron chi connectivity index (χ4n) is 1.79. The highest BCUT2D eigenvalue weighted by Crippen LogP contribution is 2.13. The molecule has 0 fully saturated rings. The van der Waals surface area contributed by atoms with Crippen molar-refractivity contribution in [3.05, 3.63) is 0 Å². The summed E-state index contributed by atoms with van der Waals surface area (Å²) in [6.45, 7) is 5.22. The van der Waals surface area contributed by atoms with Crippen LogP contribution in [0.2, 0.25) is 0 Å². The lowest BCUT2D eigenvalue weighted by Gasteiger charge is -2.20. The molecule has 18 heavy (non-hydrogen) atoms. The molecule has 0 amide bonds. The second-order valence-electron chi connectivity index (χ2n) is 4.85. The van der Waals surface area contributed by atoms with Crippen molar-refractivity contribution in [3.8, 4) is 0 Å². The van der Waals surface area contributed by atoms with Crippen LogP contribution in [0.15, 0.2) is 0 Å². The fraction of sp³-hybridized carbons (Fsp3) is 1.00. The molecule has 0 spiro atoms. The zero-order chi connectivity index (χ0) is 14.0. The van der Waals surface area contributed by atoms with E-state index in [4.69, 9.17) is 4.74 Å². The third-order valence-electron chi connectivity index (χ3n) is 2.69. The van der Waals surface area contributed by atoms with Crippen molar-refractivity contribution in [2.45, 2.75) is 71.3 Å². The summed E-state index contributed by atoms with van der Waals surface area (Å²) >= 11 is 0. The number of unbranched alkanes of at least 4 members (excludes halogenated alkanes) is 3. The van der Waals surface area contributed by atoms with Crippen LogP contribution in [-0.2, 0) is 4.74 Å². The van der Waals surface area contributed by atoms with Gasteiger partial charge in [-0.05, 0) is 20.3 Å². The van der Waals surface area contributed by atoms with Gasteiger partial charge < -0.3 is 10.1 Å². The summed E-state index contributed by atoms with van der Waals surface area (Å²) in [6.07, 6.45) is 1.51. The van der Waals surface area contributed by atoms with E-state index in [1.54, 1.807) is 6.92 Å². The van der Waals surface area contributed by atoms with Gasteiger partial charge in [0.1, 0.15) is 0 Å². The summed E-state index contributed by atoms with van der Waals surface area (Å²) in [5.74, 6) is 0. The molecule has 0 saturated carbocycles. The number of halogens is 3. The highest BCUT2D eigenvalue weighted by atomic mass is 19.4. The Bertz CT molecular complexity index is 197. The maximum atomic E-state index is 11.9. The maximum absolute atomic E-state index is 11.9. The largest absolute Gasteiger partial charge is 0.401 e. The topological polar surface area (TPSA) is 21.3 Å². The highest BCUT2D eigenvalue weighted by Gasteiger charge is 2.26. The quantitative estimate of drug-likeness (QED) is 0.607. The summed E-state index contributed by atoms with van der Waals surface area (Å²) in [5, 5.41) is 2.36. The smallest absolute Gasteiger partial charge is 0.374 e. The Hall–Kier alpha value is -0.290. The van der Waals surface area contributed by atoms with Crippen molar-refractivity contribution in [2.24, 2.45) is 0 Å². The first kappa shape index (κ1) is 17.7. The Labute approximate surface area is 108 Å². The first-order valence-electron chi connectivity index (χ1n) is 6.78. The lowest BCUT2D eigenvalue weighted by Crippen LogP contribution is -2.35. The normalized spacial score (nSPS) is 15.7. The van der Waals surface area contributed by atoms with Gasteiger partial charge >= 0.3 is 6.18 Å². The Balaban J connectivity index is 3.52. The minimum absolute atomic E-state index is 0.115. The molecule has 0 heterocycles. The third kappa shape index (κ3) is 12.2. The fourth-order valence-corrected chi connectivity index (χ4v) is 1.79. The zero-order valence-corrected chi connectivity index (χ0v) is 11.6. The Kier molecular flexibility index (Phi) is 9.46. The van der Waals surface area contributed by atoms with E-state index >= 15 is 0 Å². The second-order valence-corrected chi connectivity index (χ2v) is 4.85. The van der Waals surface area contributed by atoms with Crippen LogP contribution in [0, 0.1) is 0 Å². The summed E-state index contributed by atoms with van der Waals surface area (Å²) < 4.78 is 41.3. The molecule has 0 aromatic heterocycles. The minimum atomic E-state index is -4.15. The molecule has 1 N–H and O–H groups in total. The van der Waals surface area contributed by atoms with Crippen molar-refractivity contribution < 1.29 is 17.9 Å². The van der Waals surface area contributed by atoms with E-state index in [0.29, 0.717) is 0 Å². The SMILES string of the molecule is CCCCCCC(C)OC(C)CNCC(F)(F)F. The van der Waals surface area contributed by atoms with E-state index in [1.165, 1.54) is 19.3 Å². The molecule has 0 radical (unpaired) electrons. The van der Waals surface area contributed by atoms with Crippen LogP contribution >= 0.6 is 0 Å². The van der Waals surface area contributed by atoms with Gasteiger partial charge in [0, 0.05) is 6.54 Å². The van der Waals surface area contributed by atoms with Gasteiger partial charge in [-0.1, -0.05) is 32.6 Å². The molecule has 0 aliphatic rings. The molecule has 0 aliphatic carbocycles. The van der Waals surface area contributed by atoms with Crippen molar-refractivity contribution in [1.29, 1.82) is 0 Å². The van der Waals surface area contributed by atoms with E-state index in [1.807, 2.05) is 6.92 Å². The van der Waals surface area contributed by atoms with Crippen LogP contribution in [0.25, 0.3) is 0 Å². The van der Waals surface area contributed by atoms with E-state index < -0.39 is 12.7 Å². The maximum Gasteiger partial charge on any atom is 0.401 e. The molecule has 110 valence electrons. The van der Waals surface area contributed by atoms with Crippen molar-refractivity contribution in [1.82, 2.24) is 5.32 Å². The summed E-state index contributed by atoms with van der Waals surface area (Å²) in [4.78, 5) is 0. The molecule has 2 nitrogen and oxygen atoms in total. The van der Waals surface area contributed by atoms with E-state index in [2.05, 4.69) is 12.2 Å². The summed E-state index contributed by atoms with van der Waals surface area (Å²) in [5.41, 5.74) is 0. The molecule has 0 saturated heterocycles. The van der Waals surface area contributed by atoms with Crippen LogP contribution in [0.3, 0.4) is 0 Å². The van der Waals surface area contributed by atoms with Gasteiger partial charge in [-0.25, -0.2) is 0 Å². The van der Waals surface area contributed by atoms with Gasteiger partial charge in [-0.2, -0.15) is 13.2 Å². The minimum Gasteiger partial charge on any atom is -0.374 e. The molecule has 0 aromatic rings. The molecule has 0 aromatic carbocycles. The van der Waals surface area contributed by atoms with Crippen LogP contribution < -0.4 is 5.32 Å². The van der Waals surface area contributed by atoms with Gasteiger partial charge in [0.25, 0.3) is 0 Å². The zero-order valence-electron chi connectivity index (χ0n) is 11.6. The Morgan fingerprint density at radius 1 is 1.06 bits per heavy atom. The van der Waals surface area contributed by atoms with E-state index in [-0.39, 0.29) is 18.8 Å². The lowest BCUT2D eigenvalue weighted by atomic mass is 10.1. The van der Waals surface area contributed by atoms with Crippen molar-refractivity contribution in [2.75, 3.05) is 13.1 Å². The molecule has 0 rings (SSSR count). The highest BCUT2D eigenvalue weighted by molar-refractivity contribution is 4.62. The predicted molar refractivity (Wildman–Crippen MR) is 67.7 cm³/mol. The number of ether oxygens (including phenoxy) is 1. The van der Waals surface area contributed by atoms with Gasteiger partial charge in [-0.15, -0.1) is 0 Å². The van der Waals surface area contributed by atoms with Crippen LogP contribution in [0.5, 0.6) is 0 Å². The van der Waals surface area contributed by atoms with Crippen molar-refractivity contribution in [3.63, 3.8) is 0 Å². The van der Waals surface area contributed by atoms with Crippen molar-refractivity contribution >= 4 is 0 Å². The Morgan fingerprint density at radius 2 is 1.72 bits per heavy atom. The molecule has 2 unspecified atom stereocenters. The summed E-state index contributed by atoms with van der Waals surface area (Å²) in [7, 11) is 0. The van der Waals surface area contributed by atoms with Gasteiger partial charge in [0.05, 0.1) is 18.8 Å². The molecule has 2 atom stereocenters. The number of alkyl halides is 3. The number of nitrogens with one attached hydrogen (secondary N) is 1. The standard InChI is InChI=1S/C13H26F3NO/c1-4-5-6-7-8-11(2)18-12(3)9-17-10-13(14,15)16/h11-12,17H,4-10H2,1-3H3. The molecule has 0 bridgehead atoms. The number of hydrogen-bond acceptors (Lipinski definition) is 2. The van der Waals surface area contributed by atoms with Crippen LogP contribution in [0.1, 0.15) is 52.9 Å². The molecule has 0 aliphatic heterocycles. The molecule has 5 heteroatoms. The van der Waals surface area contributed by atoms with E-state index in [0.717, 1.165) is 12.8 Å². The monoisotopic (exact) mass is 269 g/mol. The molecular formula is C13H26F3NO. The summed E-state index contributed by atoms with van der Waals surface area (Å²) in [6, 6.07) is 0. The number of rotatable bonds is 10. The van der Waals surface area contributed by atoms with Crippen LogP contribution in [0.4, 0.5) is 13.2 Å². The second kappa shape index (κ2) is 9.62. The van der Waals surface area contributed by atoms with Gasteiger partial charge in [-0.3, -0.25) is 0 Å². The Morgan fingerprint density at radius 3 is 2.28 bits per heavy atom. The van der Waals surface area contributed by atoms with Gasteiger partial charge in [0.15, 0.2) is 0 Å². The average molecular weight is 269 g/mol. The lowest BCUT2D eigenvalue weighted by molar-refractivity contribution is -0.126. The first-order valence-corrected chi connectivity index (χ1v) is 6.78. The first-order chi connectivity index (χ1) is 8.35. The molecular weight excluding hydrogens is 243 g/mol. The predicted octanol–water partition coefficient (Wildman–Crippen LogP) is 3.90. The van der Waals surface area contributed by atoms with E-state index in [9.17, 15) is 13.2 Å². The van der Waals surface area contributed by atoms with Crippen LogP contribution in [-0.4, -0.2) is 31.5 Å². The van der Waals surface area contributed by atoms with Gasteiger partial charge in [0.2, 0.25) is 0 Å².